The molecule has 23 heavy (non-hydrogen) atoms. The van der Waals surface area contributed by atoms with E-state index < -0.39 is 5.60 Å². The predicted molar refractivity (Wildman–Crippen MR) is 94.8 cm³/mol. The number of hydrogen-bond acceptors (Lipinski definition) is 5. The molecule has 0 spiro atoms. The fraction of sp³-hybridized carbons (Fsp3) is 0.438. The van der Waals surface area contributed by atoms with E-state index in [0.29, 0.717) is 11.0 Å². The summed E-state index contributed by atoms with van der Waals surface area (Å²) in [6.07, 6.45) is 1.60. The highest BCUT2D eigenvalue weighted by Gasteiger charge is 2.38. The quantitative estimate of drug-likeness (QED) is 0.743. The lowest BCUT2D eigenvalue weighted by molar-refractivity contribution is 0.0578. The smallest absolute Gasteiger partial charge is 0.416 e. The minimum Gasteiger partial charge on any atom is -0.443 e. The van der Waals surface area contributed by atoms with E-state index in [4.69, 9.17) is 4.74 Å². The van der Waals surface area contributed by atoms with Crippen LogP contribution < -0.4 is 4.90 Å². The van der Waals surface area contributed by atoms with Crippen molar-refractivity contribution in [1.29, 1.82) is 0 Å². The zero-order valence-electron chi connectivity index (χ0n) is 13.2. The summed E-state index contributed by atoms with van der Waals surface area (Å²) in [5.41, 5.74) is 0.384. The lowest BCUT2D eigenvalue weighted by atomic mass is 10.2. The Labute approximate surface area is 148 Å². The highest BCUT2D eigenvalue weighted by Crippen LogP contribution is 2.36. The molecule has 0 bridgehead atoms. The van der Waals surface area contributed by atoms with Crippen molar-refractivity contribution in [1.82, 2.24) is 9.36 Å². The molecular formula is C16H18BrN3O2S. The van der Waals surface area contributed by atoms with Gasteiger partial charge in [0, 0.05) is 27.6 Å². The summed E-state index contributed by atoms with van der Waals surface area (Å²) < 4.78 is 10.8. The van der Waals surface area contributed by atoms with Crippen molar-refractivity contribution in [3.8, 4) is 11.4 Å². The lowest BCUT2D eigenvalue weighted by Gasteiger charge is -2.25. The van der Waals surface area contributed by atoms with Gasteiger partial charge in [0.1, 0.15) is 5.60 Å². The summed E-state index contributed by atoms with van der Waals surface area (Å²) in [5.74, 6) is 0.617. The van der Waals surface area contributed by atoms with E-state index in [1.54, 1.807) is 4.90 Å². The molecule has 2 aromatic rings. The normalized spacial score (nSPS) is 14.6. The molecule has 1 aromatic carbocycles. The molecule has 122 valence electrons. The number of hydrogen-bond donors (Lipinski definition) is 0. The summed E-state index contributed by atoms with van der Waals surface area (Å²) in [4.78, 5) is 18.7. The molecular weight excluding hydrogens is 378 g/mol. The molecule has 3 rings (SSSR count). The van der Waals surface area contributed by atoms with Gasteiger partial charge in [0.05, 0.1) is 0 Å². The standard InChI is InChI=1S/C16H18BrN3O2S/c1-16(2,3)22-15(21)20(10-8-9-10)14-18-13(19-23-14)11-6-4-5-7-12(11)17/h4-7,10H,8-9H2,1-3H3. The van der Waals surface area contributed by atoms with Crippen LogP contribution in [0.15, 0.2) is 28.7 Å². The van der Waals surface area contributed by atoms with Crippen LogP contribution in [0.5, 0.6) is 0 Å². The molecule has 1 amide bonds. The zero-order valence-corrected chi connectivity index (χ0v) is 15.6. The molecule has 5 nitrogen and oxygen atoms in total. The van der Waals surface area contributed by atoms with Gasteiger partial charge in [-0.1, -0.05) is 34.1 Å². The van der Waals surface area contributed by atoms with E-state index in [1.165, 1.54) is 11.5 Å². The molecule has 1 heterocycles. The predicted octanol–water partition coefficient (Wildman–Crippen LogP) is 4.87. The van der Waals surface area contributed by atoms with Gasteiger partial charge >= 0.3 is 6.09 Å². The Morgan fingerprint density at radius 2 is 2.04 bits per heavy atom. The number of ether oxygens (including phenoxy) is 1. The van der Waals surface area contributed by atoms with E-state index in [2.05, 4.69) is 25.3 Å². The number of benzene rings is 1. The third-order valence-electron chi connectivity index (χ3n) is 3.24. The summed E-state index contributed by atoms with van der Waals surface area (Å²) in [5, 5.41) is 0.590. The molecule has 1 aliphatic rings. The molecule has 7 heteroatoms. The van der Waals surface area contributed by atoms with Gasteiger partial charge in [-0.25, -0.2) is 9.69 Å². The molecule has 0 saturated heterocycles. The Morgan fingerprint density at radius 1 is 1.35 bits per heavy atom. The number of carbonyl (C=O) groups is 1. The molecule has 0 N–H and O–H groups in total. The number of nitrogens with zero attached hydrogens (tertiary/aromatic N) is 3. The maximum atomic E-state index is 12.5. The summed E-state index contributed by atoms with van der Waals surface area (Å²) in [6.45, 7) is 5.59. The van der Waals surface area contributed by atoms with E-state index in [0.717, 1.165) is 22.9 Å². The van der Waals surface area contributed by atoms with Crippen molar-refractivity contribution in [3.05, 3.63) is 28.7 Å². The number of carbonyl (C=O) groups excluding carboxylic acids is 1. The first kappa shape index (κ1) is 16.4. The molecule has 0 atom stereocenters. The van der Waals surface area contributed by atoms with Crippen LogP contribution >= 0.6 is 27.5 Å². The van der Waals surface area contributed by atoms with E-state index in [1.807, 2.05) is 45.0 Å². The van der Waals surface area contributed by atoms with Gasteiger partial charge in [-0.3, -0.25) is 0 Å². The van der Waals surface area contributed by atoms with Crippen molar-refractivity contribution in [2.45, 2.75) is 45.3 Å². The van der Waals surface area contributed by atoms with Crippen LogP contribution in [0.4, 0.5) is 9.93 Å². The molecule has 1 fully saturated rings. The fourth-order valence-electron chi connectivity index (χ4n) is 2.09. The Morgan fingerprint density at radius 3 is 2.65 bits per heavy atom. The second-order valence-electron chi connectivity index (χ2n) is 6.46. The highest BCUT2D eigenvalue weighted by molar-refractivity contribution is 9.10. The Balaban J connectivity index is 1.88. The minimum atomic E-state index is -0.528. The summed E-state index contributed by atoms with van der Waals surface area (Å²) >= 11 is 4.74. The van der Waals surface area contributed by atoms with Gasteiger partial charge < -0.3 is 4.74 Å². The van der Waals surface area contributed by atoms with Crippen molar-refractivity contribution in [2.24, 2.45) is 0 Å². The average molecular weight is 396 g/mol. The number of halogens is 1. The molecule has 1 saturated carbocycles. The third kappa shape index (κ3) is 3.90. The number of amides is 1. The number of rotatable bonds is 3. The van der Waals surface area contributed by atoms with E-state index >= 15 is 0 Å². The third-order valence-corrected chi connectivity index (χ3v) is 4.65. The van der Waals surface area contributed by atoms with Crippen LogP contribution in [0.2, 0.25) is 0 Å². The van der Waals surface area contributed by atoms with Gasteiger partial charge in [-0.15, -0.1) is 0 Å². The average Bonchev–Trinajstić information content (AvgIpc) is 3.15. The molecule has 1 aliphatic carbocycles. The van der Waals surface area contributed by atoms with Gasteiger partial charge in [-0.2, -0.15) is 9.36 Å². The first-order valence-electron chi connectivity index (χ1n) is 7.46. The summed E-state index contributed by atoms with van der Waals surface area (Å²) in [6, 6.07) is 7.95. The van der Waals surface area contributed by atoms with Crippen LogP contribution in [0, 0.1) is 0 Å². The Bertz CT molecular complexity index is 722. The first-order valence-corrected chi connectivity index (χ1v) is 9.02. The van der Waals surface area contributed by atoms with Crippen molar-refractivity contribution < 1.29 is 9.53 Å². The lowest BCUT2D eigenvalue weighted by Crippen LogP contribution is -2.38. The minimum absolute atomic E-state index is 0.171. The summed E-state index contributed by atoms with van der Waals surface area (Å²) in [7, 11) is 0. The zero-order chi connectivity index (χ0) is 16.6. The van der Waals surface area contributed by atoms with Gasteiger partial charge in [0.25, 0.3) is 0 Å². The van der Waals surface area contributed by atoms with E-state index in [9.17, 15) is 4.79 Å². The molecule has 1 aromatic heterocycles. The SMILES string of the molecule is CC(C)(C)OC(=O)N(c1nc(-c2ccccc2Br)ns1)C1CC1. The molecule has 0 aliphatic heterocycles. The first-order chi connectivity index (χ1) is 10.8. The van der Waals surface area contributed by atoms with Crippen LogP contribution in [0.25, 0.3) is 11.4 Å². The fourth-order valence-corrected chi connectivity index (χ4v) is 3.30. The van der Waals surface area contributed by atoms with Gasteiger partial charge in [0.15, 0.2) is 5.82 Å². The van der Waals surface area contributed by atoms with Crippen molar-refractivity contribution in [3.63, 3.8) is 0 Å². The van der Waals surface area contributed by atoms with E-state index in [-0.39, 0.29) is 12.1 Å². The monoisotopic (exact) mass is 395 g/mol. The van der Waals surface area contributed by atoms with Gasteiger partial charge in [-0.05, 0) is 39.7 Å². The second-order valence-corrected chi connectivity index (χ2v) is 8.05. The van der Waals surface area contributed by atoms with Crippen LogP contribution in [-0.2, 0) is 4.74 Å². The topological polar surface area (TPSA) is 55.3 Å². The van der Waals surface area contributed by atoms with Crippen molar-refractivity contribution >= 4 is 38.7 Å². The maximum absolute atomic E-state index is 12.5. The van der Waals surface area contributed by atoms with Gasteiger partial charge in [0.2, 0.25) is 5.13 Å². The second kappa shape index (κ2) is 6.20. The molecule has 0 unspecified atom stereocenters. The number of aromatic nitrogens is 2. The van der Waals surface area contributed by atoms with Crippen LogP contribution in [-0.4, -0.2) is 27.1 Å². The molecule has 0 radical (unpaired) electrons. The Kier molecular flexibility index (Phi) is 4.42. The van der Waals surface area contributed by atoms with Crippen molar-refractivity contribution in [2.75, 3.05) is 4.90 Å². The maximum Gasteiger partial charge on any atom is 0.416 e. The number of anilines is 1. The Hall–Kier alpha value is -1.47. The largest absolute Gasteiger partial charge is 0.443 e. The van der Waals surface area contributed by atoms with Crippen LogP contribution in [0.3, 0.4) is 0 Å². The van der Waals surface area contributed by atoms with Crippen LogP contribution in [0.1, 0.15) is 33.6 Å². The highest BCUT2D eigenvalue weighted by atomic mass is 79.9.